The minimum absolute atomic E-state index is 0.141. The molecule has 106 valence electrons. The van der Waals surface area contributed by atoms with E-state index in [9.17, 15) is 9.59 Å². The minimum atomic E-state index is -0.496. The predicted octanol–water partition coefficient (Wildman–Crippen LogP) is 2.66. The zero-order chi connectivity index (χ0) is 14.6. The van der Waals surface area contributed by atoms with Crippen LogP contribution in [0.1, 0.15) is 42.1 Å². The summed E-state index contributed by atoms with van der Waals surface area (Å²) in [6, 6.07) is 7.72. The molecule has 0 heterocycles. The molecule has 1 aromatic carbocycles. The first-order valence-electron chi connectivity index (χ1n) is 6.80. The molecule has 0 bridgehead atoms. The monoisotopic (exact) mass is 273 g/mol. The lowest BCUT2D eigenvalue weighted by molar-refractivity contribution is -0.129. The Bertz CT molecular complexity index is 550. The molecule has 1 amide bonds. The summed E-state index contributed by atoms with van der Waals surface area (Å²) in [5.74, 6) is -0.276. The van der Waals surface area contributed by atoms with Crippen LogP contribution in [0, 0.1) is 5.41 Å². The van der Waals surface area contributed by atoms with Crippen LogP contribution in [0.15, 0.2) is 36.4 Å². The molecule has 2 rings (SSSR count). The first-order chi connectivity index (χ1) is 9.57. The summed E-state index contributed by atoms with van der Waals surface area (Å²) in [5, 5.41) is 8.41. The van der Waals surface area contributed by atoms with E-state index in [-0.39, 0.29) is 12.2 Å². The molecule has 0 saturated carbocycles. The van der Waals surface area contributed by atoms with Gasteiger partial charge in [-0.15, -0.1) is 0 Å². The Balaban J connectivity index is 2.07. The van der Waals surface area contributed by atoms with Crippen LogP contribution in [0.2, 0.25) is 0 Å². The normalized spacial score (nSPS) is 21.8. The number of aryl methyl sites for hydroxylation is 1. The molecular formula is C16H19NO3. The fourth-order valence-electron chi connectivity index (χ4n) is 2.55. The molecule has 1 aromatic rings. The summed E-state index contributed by atoms with van der Waals surface area (Å²) >= 11 is 0. The highest BCUT2D eigenvalue weighted by atomic mass is 16.5. The van der Waals surface area contributed by atoms with E-state index in [1.165, 1.54) is 0 Å². The number of rotatable bonds is 4. The van der Waals surface area contributed by atoms with Crippen molar-refractivity contribution in [2.75, 3.05) is 0 Å². The Morgan fingerprint density at radius 2 is 2.20 bits per heavy atom. The molecule has 2 N–H and O–H groups in total. The van der Waals surface area contributed by atoms with Gasteiger partial charge in [-0.05, 0) is 31.7 Å². The SMILES string of the molecule is CC1(/C=C/CCC(=O)NO)CCc2ccccc2C1=O. The second-order valence-corrected chi connectivity index (χ2v) is 5.38. The average Bonchev–Trinajstić information content (AvgIpc) is 2.48. The second-order valence-electron chi connectivity index (χ2n) is 5.38. The van der Waals surface area contributed by atoms with E-state index in [1.807, 2.05) is 43.3 Å². The highest BCUT2D eigenvalue weighted by Gasteiger charge is 2.35. The predicted molar refractivity (Wildman–Crippen MR) is 75.5 cm³/mol. The van der Waals surface area contributed by atoms with Gasteiger partial charge in [0.25, 0.3) is 0 Å². The van der Waals surface area contributed by atoms with Crippen molar-refractivity contribution in [3.05, 3.63) is 47.5 Å². The van der Waals surface area contributed by atoms with Gasteiger partial charge in [0.2, 0.25) is 5.91 Å². The largest absolute Gasteiger partial charge is 0.293 e. The number of carbonyl (C=O) groups excluding carboxylic acids is 2. The maximum Gasteiger partial charge on any atom is 0.243 e. The van der Waals surface area contributed by atoms with Crippen LogP contribution < -0.4 is 5.48 Å². The first kappa shape index (κ1) is 14.5. The van der Waals surface area contributed by atoms with E-state index in [2.05, 4.69) is 0 Å². The van der Waals surface area contributed by atoms with Crippen molar-refractivity contribution in [2.24, 2.45) is 5.41 Å². The van der Waals surface area contributed by atoms with Crippen LogP contribution in [-0.2, 0) is 11.2 Å². The van der Waals surface area contributed by atoms with Gasteiger partial charge in [-0.2, -0.15) is 0 Å². The van der Waals surface area contributed by atoms with E-state index in [0.717, 1.165) is 24.0 Å². The van der Waals surface area contributed by atoms with Crippen molar-refractivity contribution in [3.63, 3.8) is 0 Å². The Labute approximate surface area is 118 Å². The van der Waals surface area contributed by atoms with Crippen molar-refractivity contribution in [2.45, 2.75) is 32.6 Å². The molecule has 0 saturated heterocycles. The molecule has 4 heteroatoms. The van der Waals surface area contributed by atoms with Crippen molar-refractivity contribution in [3.8, 4) is 0 Å². The quantitative estimate of drug-likeness (QED) is 0.503. The van der Waals surface area contributed by atoms with Crippen molar-refractivity contribution >= 4 is 11.7 Å². The van der Waals surface area contributed by atoms with Crippen molar-refractivity contribution in [1.29, 1.82) is 0 Å². The summed E-state index contributed by atoms with van der Waals surface area (Å²) < 4.78 is 0. The molecule has 1 aliphatic rings. The zero-order valence-electron chi connectivity index (χ0n) is 11.6. The lowest BCUT2D eigenvalue weighted by Crippen LogP contribution is -2.31. The highest BCUT2D eigenvalue weighted by Crippen LogP contribution is 2.36. The summed E-state index contributed by atoms with van der Waals surface area (Å²) in [6.45, 7) is 1.94. The Morgan fingerprint density at radius 3 is 2.95 bits per heavy atom. The van der Waals surface area contributed by atoms with E-state index in [0.29, 0.717) is 6.42 Å². The standard InChI is InChI=1S/C16H19NO3/c1-16(10-5-4-8-14(18)17-20)11-9-12-6-2-3-7-13(12)15(16)19/h2-3,5-7,10,20H,4,8-9,11H2,1H3,(H,17,18)/b10-5+. The molecule has 0 fully saturated rings. The summed E-state index contributed by atoms with van der Waals surface area (Å²) in [4.78, 5) is 23.5. The number of hydroxylamine groups is 1. The number of Topliss-reactive ketones (excluding diaryl/α,β-unsaturated/α-hetero) is 1. The molecule has 1 aliphatic carbocycles. The molecule has 1 atom stereocenters. The number of benzene rings is 1. The number of hydrogen-bond donors (Lipinski definition) is 2. The number of allylic oxidation sites excluding steroid dienone is 2. The number of amides is 1. The maximum atomic E-state index is 12.6. The maximum absolute atomic E-state index is 12.6. The third kappa shape index (κ3) is 2.96. The van der Waals surface area contributed by atoms with Gasteiger partial charge in [-0.1, -0.05) is 36.4 Å². The minimum Gasteiger partial charge on any atom is -0.293 e. The highest BCUT2D eigenvalue weighted by molar-refractivity contribution is 6.03. The second kappa shape index (κ2) is 6.01. The number of ketones is 1. The van der Waals surface area contributed by atoms with Gasteiger partial charge >= 0.3 is 0 Å². The zero-order valence-corrected chi connectivity index (χ0v) is 11.6. The van der Waals surface area contributed by atoms with Gasteiger partial charge in [0.05, 0.1) is 0 Å². The molecule has 20 heavy (non-hydrogen) atoms. The van der Waals surface area contributed by atoms with Crippen LogP contribution in [0.3, 0.4) is 0 Å². The van der Waals surface area contributed by atoms with Crippen LogP contribution in [-0.4, -0.2) is 16.9 Å². The first-order valence-corrected chi connectivity index (χ1v) is 6.80. The van der Waals surface area contributed by atoms with E-state index in [4.69, 9.17) is 5.21 Å². The number of carbonyl (C=O) groups is 2. The Hall–Kier alpha value is -1.94. The van der Waals surface area contributed by atoms with Gasteiger partial charge in [0.15, 0.2) is 5.78 Å². The van der Waals surface area contributed by atoms with Gasteiger partial charge in [0, 0.05) is 17.4 Å². The third-order valence-electron chi connectivity index (χ3n) is 3.84. The van der Waals surface area contributed by atoms with Crippen molar-refractivity contribution < 1.29 is 14.8 Å². The fourth-order valence-corrected chi connectivity index (χ4v) is 2.55. The van der Waals surface area contributed by atoms with E-state index in [1.54, 1.807) is 5.48 Å². The number of nitrogens with one attached hydrogen (secondary N) is 1. The average molecular weight is 273 g/mol. The van der Waals surface area contributed by atoms with Crippen LogP contribution >= 0.6 is 0 Å². The molecule has 4 nitrogen and oxygen atoms in total. The van der Waals surface area contributed by atoms with Crippen LogP contribution in [0.25, 0.3) is 0 Å². The molecule has 0 aromatic heterocycles. The Kier molecular flexibility index (Phi) is 4.35. The topological polar surface area (TPSA) is 66.4 Å². The molecule has 1 unspecified atom stereocenters. The van der Waals surface area contributed by atoms with Gasteiger partial charge < -0.3 is 0 Å². The van der Waals surface area contributed by atoms with Gasteiger partial charge in [-0.3, -0.25) is 14.8 Å². The molecule has 0 aliphatic heterocycles. The third-order valence-corrected chi connectivity index (χ3v) is 3.84. The number of fused-ring (bicyclic) bond motifs is 1. The lowest BCUT2D eigenvalue weighted by atomic mass is 9.71. The van der Waals surface area contributed by atoms with Gasteiger partial charge in [-0.25, -0.2) is 5.48 Å². The summed E-state index contributed by atoms with van der Waals surface area (Å²) in [5.41, 5.74) is 3.02. The van der Waals surface area contributed by atoms with Crippen LogP contribution in [0.4, 0.5) is 0 Å². The smallest absolute Gasteiger partial charge is 0.243 e. The van der Waals surface area contributed by atoms with E-state index < -0.39 is 11.3 Å². The van der Waals surface area contributed by atoms with E-state index >= 15 is 0 Å². The summed E-state index contributed by atoms with van der Waals surface area (Å²) in [7, 11) is 0. The molecule has 0 spiro atoms. The van der Waals surface area contributed by atoms with Crippen molar-refractivity contribution in [1.82, 2.24) is 5.48 Å². The Morgan fingerprint density at radius 1 is 1.45 bits per heavy atom. The lowest BCUT2D eigenvalue weighted by Gasteiger charge is -2.30. The van der Waals surface area contributed by atoms with Crippen LogP contribution in [0.5, 0.6) is 0 Å². The molecule has 0 radical (unpaired) electrons. The van der Waals surface area contributed by atoms with Gasteiger partial charge in [0.1, 0.15) is 0 Å². The number of hydrogen-bond acceptors (Lipinski definition) is 3. The molecular weight excluding hydrogens is 254 g/mol. The fraction of sp³-hybridized carbons (Fsp3) is 0.375. The summed E-state index contributed by atoms with van der Waals surface area (Å²) in [6.07, 6.45) is 6.15.